The average molecular weight is 346 g/mol. The predicted molar refractivity (Wildman–Crippen MR) is 91.0 cm³/mol. The van der Waals surface area contributed by atoms with Gasteiger partial charge in [0.15, 0.2) is 0 Å². The van der Waals surface area contributed by atoms with Crippen LogP contribution in [0, 0.1) is 13.8 Å². The lowest BCUT2D eigenvalue weighted by Gasteiger charge is -2.25. The number of rotatable bonds is 4. The number of pyridine rings is 1. The van der Waals surface area contributed by atoms with Crippen LogP contribution in [0.4, 0.5) is 10.5 Å². The van der Waals surface area contributed by atoms with Crippen molar-refractivity contribution in [3.63, 3.8) is 0 Å². The van der Waals surface area contributed by atoms with E-state index in [9.17, 15) is 4.79 Å². The molecule has 2 amide bonds. The van der Waals surface area contributed by atoms with E-state index >= 15 is 0 Å². The van der Waals surface area contributed by atoms with Crippen LogP contribution in [0.3, 0.4) is 0 Å². The van der Waals surface area contributed by atoms with Gasteiger partial charge in [0, 0.05) is 18.2 Å². The van der Waals surface area contributed by atoms with Crippen molar-refractivity contribution in [2.24, 2.45) is 0 Å². The van der Waals surface area contributed by atoms with Crippen LogP contribution in [0.1, 0.15) is 35.9 Å². The highest BCUT2D eigenvalue weighted by atomic mass is 16.5. The van der Waals surface area contributed by atoms with Crippen molar-refractivity contribution >= 4 is 11.7 Å². The second-order valence-corrected chi connectivity index (χ2v) is 5.93. The number of amides is 2. The Morgan fingerprint density at radius 1 is 1.32 bits per heavy atom. The van der Waals surface area contributed by atoms with Gasteiger partial charge in [-0.25, -0.2) is 4.79 Å². The molecule has 3 heterocycles. The summed E-state index contributed by atoms with van der Waals surface area (Å²) < 4.78 is 15.6. The molecule has 1 atom stereocenters. The van der Waals surface area contributed by atoms with Gasteiger partial charge < -0.3 is 24.2 Å². The molecule has 2 aromatic rings. The number of aromatic nitrogens is 2. The molecule has 1 unspecified atom stereocenters. The van der Waals surface area contributed by atoms with Crippen molar-refractivity contribution < 1.29 is 18.8 Å². The molecule has 0 spiro atoms. The third-order valence-corrected chi connectivity index (χ3v) is 4.41. The fourth-order valence-corrected chi connectivity index (χ4v) is 3.25. The number of urea groups is 1. The van der Waals surface area contributed by atoms with Gasteiger partial charge in [-0.3, -0.25) is 0 Å². The van der Waals surface area contributed by atoms with Crippen molar-refractivity contribution in [2.75, 3.05) is 26.1 Å². The molecule has 1 saturated heterocycles. The van der Waals surface area contributed by atoms with E-state index < -0.39 is 0 Å². The van der Waals surface area contributed by atoms with E-state index in [4.69, 9.17) is 14.0 Å². The van der Waals surface area contributed by atoms with Crippen molar-refractivity contribution in [2.45, 2.75) is 32.7 Å². The monoisotopic (exact) mass is 346 g/mol. The highest BCUT2D eigenvalue weighted by Gasteiger charge is 2.34. The molecule has 0 aromatic carbocycles. The van der Waals surface area contributed by atoms with Gasteiger partial charge >= 0.3 is 6.03 Å². The molecule has 0 bridgehead atoms. The van der Waals surface area contributed by atoms with E-state index in [1.165, 1.54) is 14.2 Å². The number of anilines is 1. The smallest absolute Gasteiger partial charge is 0.322 e. The third kappa shape index (κ3) is 3.24. The molecule has 3 rings (SSSR count). The maximum Gasteiger partial charge on any atom is 0.322 e. The minimum atomic E-state index is -0.201. The summed E-state index contributed by atoms with van der Waals surface area (Å²) in [7, 11) is 3.03. The number of likely N-dealkylation sites (tertiary alicyclic amines) is 1. The number of hydrogen-bond acceptors (Lipinski definition) is 6. The third-order valence-electron chi connectivity index (χ3n) is 4.41. The van der Waals surface area contributed by atoms with Crippen molar-refractivity contribution in [3.8, 4) is 11.8 Å². The molecule has 0 saturated carbocycles. The molecule has 25 heavy (non-hydrogen) atoms. The molecular weight excluding hydrogens is 324 g/mol. The predicted octanol–water partition coefficient (Wildman–Crippen LogP) is 3.07. The second kappa shape index (κ2) is 7.00. The Hall–Kier alpha value is -2.77. The summed E-state index contributed by atoms with van der Waals surface area (Å²) >= 11 is 0. The van der Waals surface area contributed by atoms with Crippen LogP contribution >= 0.6 is 0 Å². The summed E-state index contributed by atoms with van der Waals surface area (Å²) in [5, 5.41) is 6.89. The van der Waals surface area contributed by atoms with Crippen LogP contribution in [0.5, 0.6) is 11.8 Å². The average Bonchev–Trinajstić information content (AvgIpc) is 3.21. The van der Waals surface area contributed by atoms with Crippen LogP contribution in [0.15, 0.2) is 16.7 Å². The lowest BCUT2D eigenvalue weighted by Crippen LogP contribution is -2.35. The Labute approximate surface area is 146 Å². The van der Waals surface area contributed by atoms with Gasteiger partial charge in [-0.2, -0.15) is 4.98 Å². The van der Waals surface area contributed by atoms with E-state index in [1.54, 1.807) is 17.0 Å². The first-order valence-corrected chi connectivity index (χ1v) is 8.14. The van der Waals surface area contributed by atoms with Gasteiger partial charge in [0.25, 0.3) is 0 Å². The zero-order valence-corrected chi connectivity index (χ0v) is 14.8. The first-order valence-electron chi connectivity index (χ1n) is 8.14. The minimum Gasteiger partial charge on any atom is -0.481 e. The highest BCUT2D eigenvalue weighted by Crippen LogP contribution is 2.36. The van der Waals surface area contributed by atoms with E-state index in [2.05, 4.69) is 15.5 Å². The van der Waals surface area contributed by atoms with Crippen LogP contribution in [-0.4, -0.2) is 41.8 Å². The molecule has 0 radical (unpaired) electrons. The number of carbonyl (C=O) groups is 1. The molecule has 8 heteroatoms. The molecule has 0 aliphatic carbocycles. The summed E-state index contributed by atoms with van der Waals surface area (Å²) in [6.45, 7) is 4.45. The number of aryl methyl sites for hydroxylation is 2. The summed E-state index contributed by atoms with van der Waals surface area (Å²) in [6.07, 6.45) is 1.81. The van der Waals surface area contributed by atoms with Gasteiger partial charge in [0.1, 0.15) is 11.4 Å². The normalized spacial score (nSPS) is 16.8. The van der Waals surface area contributed by atoms with E-state index in [1.807, 2.05) is 13.8 Å². The van der Waals surface area contributed by atoms with E-state index in [0.717, 1.165) is 29.9 Å². The van der Waals surface area contributed by atoms with Crippen LogP contribution in [-0.2, 0) is 0 Å². The minimum absolute atomic E-state index is 0.0385. The Balaban J connectivity index is 1.81. The summed E-state index contributed by atoms with van der Waals surface area (Å²) in [6, 6.07) is 3.15. The molecule has 1 N–H and O–H groups in total. The highest BCUT2D eigenvalue weighted by molar-refractivity contribution is 5.91. The zero-order valence-electron chi connectivity index (χ0n) is 14.8. The van der Waals surface area contributed by atoms with Crippen molar-refractivity contribution in [1.82, 2.24) is 15.0 Å². The second-order valence-electron chi connectivity index (χ2n) is 5.93. The number of carbonyl (C=O) groups excluding carboxylic acids is 1. The first-order chi connectivity index (χ1) is 12.0. The molecule has 8 nitrogen and oxygen atoms in total. The number of nitrogens with zero attached hydrogens (tertiary/aromatic N) is 3. The van der Waals surface area contributed by atoms with Gasteiger partial charge in [-0.05, 0) is 32.8 Å². The Morgan fingerprint density at radius 3 is 2.76 bits per heavy atom. The summed E-state index contributed by atoms with van der Waals surface area (Å²) in [4.78, 5) is 18.8. The number of nitrogens with one attached hydrogen (secondary N) is 1. The molecule has 1 aliphatic rings. The fourth-order valence-electron chi connectivity index (χ4n) is 3.25. The number of hydrogen-bond donors (Lipinski definition) is 1. The first kappa shape index (κ1) is 17.1. The van der Waals surface area contributed by atoms with Crippen LogP contribution in [0.25, 0.3) is 0 Å². The largest absolute Gasteiger partial charge is 0.481 e. The molecule has 2 aromatic heterocycles. The molecule has 134 valence electrons. The lowest BCUT2D eigenvalue weighted by molar-refractivity contribution is 0.206. The van der Waals surface area contributed by atoms with Gasteiger partial charge in [0.05, 0.1) is 26.0 Å². The number of ether oxygens (including phenoxy) is 2. The molecular formula is C17H22N4O4. The summed E-state index contributed by atoms with van der Waals surface area (Å²) in [5.41, 5.74) is 2.32. The van der Waals surface area contributed by atoms with Crippen LogP contribution < -0.4 is 14.8 Å². The Kier molecular flexibility index (Phi) is 4.78. The summed E-state index contributed by atoms with van der Waals surface area (Å²) in [5.74, 6) is 1.48. The topological polar surface area (TPSA) is 89.7 Å². The standard InChI is InChI=1S/C17H22N4O4/c1-10-15(11(2)25-20-10)13-6-5-9-21(13)17(22)18-12-7-8-14(23-3)19-16(12)24-4/h7-8,13H,5-6,9H2,1-4H3,(H,18,22). The van der Waals surface area contributed by atoms with E-state index in [-0.39, 0.29) is 12.1 Å². The lowest BCUT2D eigenvalue weighted by atomic mass is 10.0. The molecule has 1 aliphatic heterocycles. The van der Waals surface area contributed by atoms with Gasteiger partial charge in [-0.15, -0.1) is 0 Å². The maximum atomic E-state index is 12.8. The Bertz CT molecular complexity index is 755. The van der Waals surface area contributed by atoms with E-state index in [0.29, 0.717) is 24.0 Å². The Morgan fingerprint density at radius 2 is 2.12 bits per heavy atom. The van der Waals surface area contributed by atoms with Gasteiger partial charge in [-0.1, -0.05) is 5.16 Å². The van der Waals surface area contributed by atoms with Crippen LogP contribution in [0.2, 0.25) is 0 Å². The quantitative estimate of drug-likeness (QED) is 0.915. The molecule has 1 fully saturated rings. The van der Waals surface area contributed by atoms with Gasteiger partial charge in [0.2, 0.25) is 11.8 Å². The zero-order chi connectivity index (χ0) is 18.0. The fraction of sp³-hybridized carbons (Fsp3) is 0.471. The maximum absolute atomic E-state index is 12.8. The van der Waals surface area contributed by atoms with Crippen molar-refractivity contribution in [1.29, 1.82) is 0 Å². The SMILES string of the molecule is COc1ccc(NC(=O)N2CCCC2c2c(C)noc2C)c(OC)n1. The number of methoxy groups -OCH3 is 2. The van der Waals surface area contributed by atoms with Crippen molar-refractivity contribution in [3.05, 3.63) is 29.2 Å².